The van der Waals surface area contributed by atoms with Gasteiger partial charge in [-0.1, -0.05) is 18.2 Å². The van der Waals surface area contributed by atoms with Gasteiger partial charge in [0, 0.05) is 19.8 Å². The zero-order valence-electron chi connectivity index (χ0n) is 11.2. The van der Waals surface area contributed by atoms with E-state index in [1.165, 1.54) is 12.0 Å². The van der Waals surface area contributed by atoms with Crippen molar-refractivity contribution in [2.75, 3.05) is 25.6 Å². The first kappa shape index (κ1) is 15.0. The smallest absolute Gasteiger partial charge is 0.334 e. The van der Waals surface area contributed by atoms with Crippen LogP contribution in [0.2, 0.25) is 0 Å². The van der Waals surface area contributed by atoms with E-state index in [0.717, 1.165) is 11.3 Å². The van der Waals surface area contributed by atoms with Crippen molar-refractivity contribution >= 4 is 17.7 Å². The van der Waals surface area contributed by atoms with E-state index < -0.39 is 12.1 Å². The largest absolute Gasteiger partial charge is 0.479 e. The van der Waals surface area contributed by atoms with Gasteiger partial charge < -0.3 is 15.2 Å². The van der Waals surface area contributed by atoms with E-state index in [1.54, 1.807) is 7.05 Å². The SMILES string of the molecule is COC(CNC(=O)N(C)c1ccccc1C)C(=O)O. The van der Waals surface area contributed by atoms with Crippen LogP contribution in [-0.4, -0.2) is 43.9 Å². The van der Waals surface area contributed by atoms with Crippen LogP contribution >= 0.6 is 0 Å². The first-order valence-electron chi connectivity index (χ1n) is 5.80. The molecule has 6 nitrogen and oxygen atoms in total. The van der Waals surface area contributed by atoms with Gasteiger partial charge in [0.05, 0.1) is 6.54 Å². The number of hydrogen-bond acceptors (Lipinski definition) is 3. The van der Waals surface area contributed by atoms with Crippen molar-refractivity contribution in [1.29, 1.82) is 0 Å². The average Bonchev–Trinajstić information content (AvgIpc) is 2.38. The van der Waals surface area contributed by atoms with Crippen LogP contribution in [0, 0.1) is 6.92 Å². The highest BCUT2D eigenvalue weighted by molar-refractivity contribution is 5.92. The van der Waals surface area contributed by atoms with E-state index in [2.05, 4.69) is 5.32 Å². The molecule has 0 saturated carbocycles. The summed E-state index contributed by atoms with van der Waals surface area (Å²) in [6, 6.07) is 7.06. The number of urea groups is 1. The fourth-order valence-electron chi connectivity index (χ4n) is 1.62. The molecule has 2 amide bonds. The number of carbonyl (C=O) groups excluding carboxylic acids is 1. The minimum atomic E-state index is -1.11. The molecule has 104 valence electrons. The number of nitrogens with one attached hydrogen (secondary N) is 1. The van der Waals surface area contributed by atoms with Crippen molar-refractivity contribution in [3.05, 3.63) is 29.8 Å². The number of para-hydroxylation sites is 1. The lowest BCUT2D eigenvalue weighted by atomic mass is 10.2. The van der Waals surface area contributed by atoms with Crippen LogP contribution in [0.1, 0.15) is 5.56 Å². The van der Waals surface area contributed by atoms with Gasteiger partial charge in [0.15, 0.2) is 6.10 Å². The number of methoxy groups -OCH3 is 1. The Balaban J connectivity index is 2.64. The predicted molar refractivity (Wildman–Crippen MR) is 71.4 cm³/mol. The maximum atomic E-state index is 11.9. The van der Waals surface area contributed by atoms with E-state index in [-0.39, 0.29) is 12.6 Å². The number of carbonyl (C=O) groups is 2. The van der Waals surface area contributed by atoms with Gasteiger partial charge in [-0.2, -0.15) is 0 Å². The van der Waals surface area contributed by atoms with Crippen molar-refractivity contribution in [2.45, 2.75) is 13.0 Å². The summed E-state index contributed by atoms with van der Waals surface area (Å²) in [7, 11) is 2.91. The minimum absolute atomic E-state index is 0.0825. The second kappa shape index (κ2) is 6.75. The van der Waals surface area contributed by atoms with Crippen molar-refractivity contribution in [3.8, 4) is 0 Å². The molecule has 0 aromatic heterocycles. The molecule has 0 bridgehead atoms. The number of carboxylic acids is 1. The molecule has 0 aliphatic heterocycles. The molecule has 0 aliphatic rings. The maximum Gasteiger partial charge on any atom is 0.334 e. The van der Waals surface area contributed by atoms with Gasteiger partial charge in [-0.25, -0.2) is 9.59 Å². The first-order valence-corrected chi connectivity index (χ1v) is 5.80. The molecule has 0 heterocycles. The molecule has 0 aliphatic carbocycles. The van der Waals surface area contributed by atoms with Crippen molar-refractivity contribution in [2.24, 2.45) is 0 Å². The van der Waals surface area contributed by atoms with E-state index in [1.807, 2.05) is 31.2 Å². The monoisotopic (exact) mass is 266 g/mol. The fourth-order valence-corrected chi connectivity index (χ4v) is 1.62. The highest BCUT2D eigenvalue weighted by Gasteiger charge is 2.19. The van der Waals surface area contributed by atoms with Gasteiger partial charge in [0.25, 0.3) is 0 Å². The number of benzene rings is 1. The van der Waals surface area contributed by atoms with Crippen molar-refractivity contribution < 1.29 is 19.4 Å². The van der Waals surface area contributed by atoms with Crippen LogP contribution in [0.4, 0.5) is 10.5 Å². The summed E-state index contributed by atoms with van der Waals surface area (Å²) in [5, 5.41) is 11.3. The van der Waals surface area contributed by atoms with Crippen molar-refractivity contribution in [3.63, 3.8) is 0 Å². The van der Waals surface area contributed by atoms with E-state index in [0.29, 0.717) is 0 Å². The topological polar surface area (TPSA) is 78.9 Å². The Hall–Kier alpha value is -2.08. The third-order valence-electron chi connectivity index (χ3n) is 2.78. The summed E-state index contributed by atoms with van der Waals surface area (Å²) in [6.07, 6.45) is -1.05. The molecule has 6 heteroatoms. The summed E-state index contributed by atoms with van der Waals surface area (Å²) in [5.74, 6) is -1.11. The van der Waals surface area contributed by atoms with Crippen molar-refractivity contribution in [1.82, 2.24) is 5.32 Å². The molecule has 19 heavy (non-hydrogen) atoms. The first-order chi connectivity index (χ1) is 8.97. The molecule has 0 radical (unpaired) electrons. The Labute approximate surface area is 112 Å². The number of rotatable bonds is 5. The van der Waals surface area contributed by atoms with Gasteiger partial charge in [0.2, 0.25) is 0 Å². The Morgan fingerprint density at radius 2 is 2.05 bits per heavy atom. The van der Waals surface area contributed by atoms with Gasteiger partial charge in [-0.15, -0.1) is 0 Å². The summed E-state index contributed by atoms with van der Waals surface area (Å²) in [4.78, 5) is 24.1. The highest BCUT2D eigenvalue weighted by atomic mass is 16.5. The summed E-state index contributed by atoms with van der Waals surface area (Å²) >= 11 is 0. The van der Waals surface area contributed by atoms with Gasteiger partial charge in [0.1, 0.15) is 0 Å². The minimum Gasteiger partial charge on any atom is -0.479 e. The maximum absolute atomic E-state index is 11.9. The number of aliphatic carboxylic acids is 1. The number of hydrogen-bond donors (Lipinski definition) is 2. The number of anilines is 1. The van der Waals surface area contributed by atoms with Gasteiger partial charge in [-0.05, 0) is 18.6 Å². The van der Waals surface area contributed by atoms with Gasteiger partial charge >= 0.3 is 12.0 Å². The summed E-state index contributed by atoms with van der Waals surface area (Å²) < 4.78 is 4.74. The van der Waals surface area contributed by atoms with Crippen LogP contribution in [0.25, 0.3) is 0 Å². The molecule has 0 saturated heterocycles. The Bertz CT molecular complexity index is 462. The molecule has 0 spiro atoms. The fraction of sp³-hybridized carbons (Fsp3) is 0.385. The Morgan fingerprint density at radius 3 is 2.58 bits per heavy atom. The Morgan fingerprint density at radius 1 is 1.42 bits per heavy atom. The van der Waals surface area contributed by atoms with E-state index in [9.17, 15) is 9.59 Å². The molecular formula is C13H18N2O4. The lowest BCUT2D eigenvalue weighted by Crippen LogP contribution is -2.43. The number of nitrogens with zero attached hydrogens (tertiary/aromatic N) is 1. The molecule has 0 fully saturated rings. The number of carboxylic acid groups (broad SMARTS) is 1. The lowest BCUT2D eigenvalue weighted by molar-refractivity contribution is -0.147. The normalized spacial score (nSPS) is 11.7. The molecule has 2 N–H and O–H groups in total. The van der Waals surface area contributed by atoms with E-state index in [4.69, 9.17) is 9.84 Å². The zero-order chi connectivity index (χ0) is 14.4. The third-order valence-corrected chi connectivity index (χ3v) is 2.78. The van der Waals surface area contributed by atoms with Crippen LogP contribution in [0.3, 0.4) is 0 Å². The zero-order valence-corrected chi connectivity index (χ0v) is 11.2. The lowest BCUT2D eigenvalue weighted by Gasteiger charge is -2.21. The molecule has 1 rings (SSSR count). The average molecular weight is 266 g/mol. The molecule has 1 aromatic rings. The Kier molecular flexibility index (Phi) is 5.32. The van der Waals surface area contributed by atoms with Gasteiger partial charge in [-0.3, -0.25) is 4.90 Å². The third kappa shape index (κ3) is 3.96. The van der Waals surface area contributed by atoms with Crippen LogP contribution in [0.5, 0.6) is 0 Å². The number of ether oxygens (including phenoxy) is 1. The highest BCUT2D eigenvalue weighted by Crippen LogP contribution is 2.17. The molecule has 1 atom stereocenters. The van der Waals surface area contributed by atoms with Crippen LogP contribution in [0.15, 0.2) is 24.3 Å². The van der Waals surface area contributed by atoms with Crippen LogP contribution in [-0.2, 0) is 9.53 Å². The molecule has 1 unspecified atom stereocenters. The second-order valence-corrected chi connectivity index (χ2v) is 4.09. The summed E-state index contributed by atoms with van der Waals surface area (Å²) in [5.41, 5.74) is 1.73. The number of aryl methyl sites for hydroxylation is 1. The molecular weight excluding hydrogens is 248 g/mol. The summed E-state index contributed by atoms with van der Waals surface area (Å²) in [6.45, 7) is 1.81. The quantitative estimate of drug-likeness (QED) is 0.840. The predicted octanol–water partition coefficient (Wildman–Crippen LogP) is 1.24. The molecule has 1 aromatic carbocycles. The standard InChI is InChI=1S/C13H18N2O4/c1-9-6-4-5-7-10(9)15(2)13(18)14-8-11(19-3)12(16)17/h4-7,11H,8H2,1-3H3,(H,14,18)(H,16,17). The number of amides is 2. The second-order valence-electron chi connectivity index (χ2n) is 4.09. The van der Waals surface area contributed by atoms with E-state index >= 15 is 0 Å². The van der Waals surface area contributed by atoms with Crippen LogP contribution < -0.4 is 10.2 Å².